The van der Waals surface area contributed by atoms with Crippen LogP contribution in [0.5, 0.6) is 17.2 Å². The molecule has 0 bridgehead atoms. The van der Waals surface area contributed by atoms with E-state index in [0.29, 0.717) is 61.3 Å². The molecular weight excluding hydrogens is 578 g/mol. The molecule has 7 nitrogen and oxygen atoms in total. The van der Waals surface area contributed by atoms with E-state index in [1.807, 2.05) is 0 Å². The molecule has 0 unspecified atom stereocenters. The number of rotatable bonds is 31. The van der Waals surface area contributed by atoms with E-state index in [9.17, 15) is 9.90 Å². The second kappa shape index (κ2) is 28.5. The molecule has 0 spiro atoms. The molecule has 264 valence electrons. The third-order valence-corrected chi connectivity index (χ3v) is 7.95. The van der Waals surface area contributed by atoms with Gasteiger partial charge in [-0.25, -0.2) is 0 Å². The van der Waals surface area contributed by atoms with Gasteiger partial charge in [-0.15, -0.1) is 0 Å². The van der Waals surface area contributed by atoms with Crippen LogP contribution in [-0.2, 0) is 4.79 Å². The molecular formula is C39H67NO6. The quantitative estimate of drug-likeness (QED) is 0.0420. The smallest absolute Gasteiger partial charge is 0.203 e. The monoisotopic (exact) mass is 645 g/mol. The van der Waals surface area contributed by atoms with Gasteiger partial charge in [-0.05, 0) is 44.7 Å². The van der Waals surface area contributed by atoms with Crippen molar-refractivity contribution in [1.82, 2.24) is 5.32 Å². The molecule has 1 aromatic rings. The third kappa shape index (κ3) is 20.5. The highest BCUT2D eigenvalue weighted by atomic mass is 16.5. The van der Waals surface area contributed by atoms with Crippen LogP contribution >= 0.6 is 0 Å². The van der Waals surface area contributed by atoms with Crippen molar-refractivity contribution in [2.24, 2.45) is 0 Å². The summed E-state index contributed by atoms with van der Waals surface area (Å²) in [6.07, 6.45) is 24.2. The van der Waals surface area contributed by atoms with Crippen LogP contribution in [0.2, 0.25) is 0 Å². The minimum Gasteiger partial charge on any atom is -0.507 e. The molecule has 0 radical (unpaired) electrons. The molecule has 3 N–H and O–H groups in total. The van der Waals surface area contributed by atoms with Crippen LogP contribution in [0.4, 0.5) is 0 Å². The first kappa shape index (κ1) is 41.4. The highest BCUT2D eigenvalue weighted by Crippen LogP contribution is 2.41. The number of carbonyl (C=O) groups is 1. The van der Waals surface area contributed by atoms with E-state index in [0.717, 1.165) is 38.5 Å². The maximum absolute atomic E-state index is 12.7. The van der Waals surface area contributed by atoms with Gasteiger partial charge in [0.05, 0.1) is 19.8 Å². The number of nitrogens with one attached hydrogen (secondary N) is 1. The van der Waals surface area contributed by atoms with E-state index in [4.69, 9.17) is 19.3 Å². The molecule has 0 heterocycles. The zero-order chi connectivity index (χ0) is 33.7. The molecule has 0 fully saturated rings. The Labute approximate surface area is 281 Å². The number of ketones is 1. The zero-order valence-corrected chi connectivity index (χ0v) is 29.8. The number of unbranched alkanes of at least 4 members (excludes halogenated alkanes) is 15. The second-order valence-corrected chi connectivity index (χ2v) is 12.4. The van der Waals surface area contributed by atoms with Crippen molar-refractivity contribution in [3.8, 4) is 17.2 Å². The fraction of sp³-hybridized carbons (Fsp3) is 0.718. The van der Waals surface area contributed by atoms with Crippen molar-refractivity contribution in [2.75, 3.05) is 33.0 Å². The van der Waals surface area contributed by atoms with Crippen molar-refractivity contribution < 1.29 is 29.2 Å². The Morgan fingerprint density at radius 1 is 0.652 bits per heavy atom. The normalized spacial score (nSPS) is 11.9. The topological polar surface area (TPSA) is 97.3 Å². The lowest BCUT2D eigenvalue weighted by atomic mass is 10.1. The summed E-state index contributed by atoms with van der Waals surface area (Å²) in [7, 11) is 0. The number of allylic oxidation sites excluding steroid dienone is 3. The number of aliphatic hydroxyl groups is 2. The molecule has 0 saturated heterocycles. The van der Waals surface area contributed by atoms with Crippen molar-refractivity contribution >= 4 is 11.5 Å². The molecule has 1 rings (SSSR count). The summed E-state index contributed by atoms with van der Waals surface area (Å²) in [6.45, 7) is 10.8. The largest absolute Gasteiger partial charge is 0.507 e. The van der Waals surface area contributed by atoms with Crippen molar-refractivity contribution in [1.29, 1.82) is 0 Å². The Hall–Kier alpha value is -2.67. The summed E-state index contributed by atoms with van der Waals surface area (Å²) in [5.41, 5.74) is 1.13. The van der Waals surface area contributed by atoms with Gasteiger partial charge in [-0.3, -0.25) is 4.79 Å². The van der Waals surface area contributed by atoms with Gasteiger partial charge in [0.2, 0.25) is 5.75 Å². The Bertz CT molecular complexity index is 934. The van der Waals surface area contributed by atoms with Gasteiger partial charge in [0.1, 0.15) is 5.76 Å². The predicted molar refractivity (Wildman–Crippen MR) is 192 cm³/mol. The van der Waals surface area contributed by atoms with Gasteiger partial charge in [-0.2, -0.15) is 0 Å². The summed E-state index contributed by atoms with van der Waals surface area (Å²) < 4.78 is 19.0. The number of ether oxygens (including phenoxy) is 3. The van der Waals surface area contributed by atoms with E-state index in [1.54, 1.807) is 19.1 Å². The first-order valence-corrected chi connectivity index (χ1v) is 18.5. The van der Waals surface area contributed by atoms with E-state index in [2.05, 4.69) is 26.1 Å². The lowest BCUT2D eigenvalue weighted by Crippen LogP contribution is -2.14. The number of hydrogen-bond acceptors (Lipinski definition) is 7. The van der Waals surface area contributed by atoms with E-state index < -0.39 is 0 Å². The molecule has 0 saturated carbocycles. The summed E-state index contributed by atoms with van der Waals surface area (Å²) >= 11 is 0. The molecule has 0 aliphatic rings. The Morgan fingerprint density at radius 3 is 1.54 bits per heavy atom. The molecule has 1 aromatic carbocycles. The van der Waals surface area contributed by atoms with Gasteiger partial charge in [-0.1, -0.05) is 117 Å². The average Bonchev–Trinajstić information content (AvgIpc) is 3.04. The minimum absolute atomic E-state index is 0.0834. The van der Waals surface area contributed by atoms with Crippen LogP contribution in [0, 0.1) is 0 Å². The highest BCUT2D eigenvalue weighted by molar-refractivity contribution is 6.03. The lowest BCUT2D eigenvalue weighted by Gasteiger charge is -2.19. The summed E-state index contributed by atoms with van der Waals surface area (Å²) in [5, 5.41) is 23.2. The van der Waals surface area contributed by atoms with Crippen LogP contribution in [0.25, 0.3) is 5.76 Å². The number of carbonyl (C=O) groups excluding carboxylic acids is 1. The van der Waals surface area contributed by atoms with Crippen LogP contribution in [-0.4, -0.2) is 49.0 Å². The van der Waals surface area contributed by atoms with Gasteiger partial charge in [0.25, 0.3) is 0 Å². The SMILES string of the molecule is CCCCCCCCOc1cc(/C(O)=C/C(=O)/C=C(\C)NCCCO)cc(OCCCCCCCC)c1OCCCCCCCC. The molecule has 0 aliphatic heterocycles. The van der Waals surface area contributed by atoms with Crippen molar-refractivity contribution in [3.05, 3.63) is 35.5 Å². The Balaban J connectivity index is 3.19. The third-order valence-electron chi connectivity index (χ3n) is 7.95. The molecule has 0 aliphatic carbocycles. The fourth-order valence-corrected chi connectivity index (χ4v) is 5.16. The molecule has 0 aromatic heterocycles. The summed E-state index contributed by atoms with van der Waals surface area (Å²) in [5.74, 6) is 1.18. The van der Waals surface area contributed by atoms with Crippen LogP contribution in [0.3, 0.4) is 0 Å². The first-order chi connectivity index (χ1) is 22.5. The van der Waals surface area contributed by atoms with Crippen molar-refractivity contribution in [3.63, 3.8) is 0 Å². The Kier molecular flexibility index (Phi) is 25.7. The van der Waals surface area contributed by atoms with Gasteiger partial charge >= 0.3 is 0 Å². The molecule has 7 heteroatoms. The molecule has 46 heavy (non-hydrogen) atoms. The highest BCUT2D eigenvalue weighted by Gasteiger charge is 2.18. The lowest BCUT2D eigenvalue weighted by molar-refractivity contribution is -0.110. The van der Waals surface area contributed by atoms with E-state index >= 15 is 0 Å². The second-order valence-electron chi connectivity index (χ2n) is 12.4. The van der Waals surface area contributed by atoms with Gasteiger partial charge < -0.3 is 29.7 Å². The maximum Gasteiger partial charge on any atom is 0.203 e. The average molecular weight is 646 g/mol. The fourth-order valence-electron chi connectivity index (χ4n) is 5.16. The molecule has 0 atom stereocenters. The first-order valence-electron chi connectivity index (χ1n) is 18.5. The maximum atomic E-state index is 12.7. The minimum atomic E-state index is -0.334. The number of hydrogen-bond donors (Lipinski definition) is 3. The van der Waals surface area contributed by atoms with Crippen LogP contribution in [0.15, 0.2) is 30.0 Å². The van der Waals surface area contributed by atoms with E-state index in [1.165, 1.54) is 89.2 Å². The van der Waals surface area contributed by atoms with Crippen LogP contribution < -0.4 is 19.5 Å². The van der Waals surface area contributed by atoms with Gasteiger partial charge in [0.15, 0.2) is 17.3 Å². The van der Waals surface area contributed by atoms with Crippen molar-refractivity contribution in [2.45, 2.75) is 150 Å². The van der Waals surface area contributed by atoms with Crippen LogP contribution in [0.1, 0.15) is 155 Å². The molecule has 0 amide bonds. The number of aliphatic hydroxyl groups excluding tert-OH is 2. The van der Waals surface area contributed by atoms with E-state index in [-0.39, 0.29) is 18.1 Å². The standard InChI is InChI=1S/C39H67NO6/c1-5-8-11-14-17-20-26-44-37-30-34(36(43)32-35(42)29-33(4)40-24-23-25-41)31-38(45-27-21-18-15-12-9-6-2)39(37)46-28-22-19-16-13-10-7-3/h29-32,40-41,43H,5-28H2,1-4H3/b33-29+,36-32-. The predicted octanol–water partition coefficient (Wildman–Crippen LogP) is 10.2. The zero-order valence-electron chi connectivity index (χ0n) is 29.8. The van der Waals surface area contributed by atoms with Gasteiger partial charge in [0, 0.05) is 36.6 Å². The number of benzene rings is 1. The summed E-state index contributed by atoms with van der Waals surface area (Å²) in [4.78, 5) is 12.7. The Morgan fingerprint density at radius 2 is 1.09 bits per heavy atom. The summed E-state index contributed by atoms with van der Waals surface area (Å²) in [6, 6.07) is 3.53.